The van der Waals surface area contributed by atoms with Gasteiger partial charge in [-0.25, -0.2) is 0 Å². The molecule has 0 saturated carbocycles. The van der Waals surface area contributed by atoms with Crippen molar-refractivity contribution in [2.75, 3.05) is 0 Å². The van der Waals surface area contributed by atoms with Gasteiger partial charge in [-0.15, -0.1) is 0 Å². The Balaban J connectivity index is 1.85. The topological polar surface area (TPSA) is 18.5 Å². The highest BCUT2D eigenvalue weighted by atomic mass is 16.5. The first-order valence-corrected chi connectivity index (χ1v) is 8.05. The van der Waals surface area contributed by atoms with Crippen molar-refractivity contribution in [2.45, 2.75) is 0 Å². The third kappa shape index (κ3) is 1.80. The van der Waals surface area contributed by atoms with Crippen LogP contribution < -0.4 is 31.3 Å². The minimum Gasteiger partial charge on any atom is -0.458 e. The fourth-order valence-corrected chi connectivity index (χ4v) is 3.65. The first-order valence-electron chi connectivity index (χ1n) is 8.05. The van der Waals surface area contributed by atoms with Gasteiger partial charge < -0.3 is 9.47 Å². The fourth-order valence-electron chi connectivity index (χ4n) is 3.65. The van der Waals surface area contributed by atoms with E-state index in [2.05, 4.69) is 56.3 Å². The van der Waals surface area contributed by atoms with Crippen molar-refractivity contribution in [3.05, 3.63) is 60.7 Å². The van der Waals surface area contributed by atoms with Gasteiger partial charge in [0.05, 0.1) is 7.74 Å². The van der Waals surface area contributed by atoms with Gasteiger partial charge in [0.15, 0.2) is 0 Å². The molecule has 3 aromatic rings. The monoisotopic (exact) mass is 294 g/mol. The van der Waals surface area contributed by atoms with Crippen molar-refractivity contribution < 1.29 is 9.47 Å². The molecule has 0 spiro atoms. The summed E-state index contributed by atoms with van der Waals surface area (Å²) in [6.45, 7) is 0.181. The van der Waals surface area contributed by atoms with Crippen LogP contribution in [0.2, 0.25) is 0 Å². The molecular formula is C18H13B3O2. The molecule has 0 amide bonds. The summed E-state index contributed by atoms with van der Waals surface area (Å²) >= 11 is 0. The standard InChI is InChI=1S/C18H13B3O2/c19-20-11-9-16-18-17(10-11)23-15-8-4-2-6-13(15)21(18)12-5-1-3-7-14(12)22-16/h1-10,20H,19H2. The van der Waals surface area contributed by atoms with Crippen molar-refractivity contribution in [1.82, 2.24) is 0 Å². The molecule has 2 heterocycles. The van der Waals surface area contributed by atoms with E-state index in [9.17, 15) is 0 Å². The molecule has 0 aromatic heterocycles. The minimum absolute atomic E-state index is 0.181. The molecule has 106 valence electrons. The second-order valence-corrected chi connectivity index (χ2v) is 6.07. The highest BCUT2D eigenvalue weighted by Crippen LogP contribution is 2.33. The normalized spacial score (nSPS) is 13.1. The van der Waals surface area contributed by atoms with Crippen molar-refractivity contribution in [3.8, 4) is 23.0 Å². The molecule has 0 radical (unpaired) electrons. The second kappa shape index (κ2) is 4.72. The summed E-state index contributed by atoms with van der Waals surface area (Å²) in [6, 6.07) is 20.9. The van der Waals surface area contributed by atoms with E-state index in [-0.39, 0.29) is 6.71 Å². The molecule has 2 aliphatic rings. The molecule has 5 rings (SSSR count). The van der Waals surface area contributed by atoms with Gasteiger partial charge >= 0.3 is 0 Å². The van der Waals surface area contributed by atoms with E-state index in [1.165, 1.54) is 16.4 Å². The van der Waals surface area contributed by atoms with Crippen LogP contribution in [-0.2, 0) is 0 Å². The van der Waals surface area contributed by atoms with Crippen LogP contribution in [0.15, 0.2) is 60.7 Å². The Morgan fingerprint density at radius 1 is 0.739 bits per heavy atom. The molecule has 0 fully saturated rings. The molecular weight excluding hydrogens is 281 g/mol. The van der Waals surface area contributed by atoms with Gasteiger partial charge in [-0.3, -0.25) is 0 Å². The van der Waals surface area contributed by atoms with E-state index in [1.54, 1.807) is 0 Å². The van der Waals surface area contributed by atoms with Gasteiger partial charge in [0.1, 0.15) is 30.2 Å². The van der Waals surface area contributed by atoms with E-state index in [4.69, 9.17) is 9.47 Å². The summed E-state index contributed by atoms with van der Waals surface area (Å²) < 4.78 is 12.4. The van der Waals surface area contributed by atoms with Crippen LogP contribution in [0.4, 0.5) is 0 Å². The number of rotatable bonds is 1. The van der Waals surface area contributed by atoms with Gasteiger partial charge in [0.2, 0.25) is 0 Å². The van der Waals surface area contributed by atoms with Gasteiger partial charge in [0, 0.05) is 5.46 Å². The lowest BCUT2D eigenvalue weighted by Gasteiger charge is -2.33. The Hall–Kier alpha value is -2.55. The zero-order chi connectivity index (χ0) is 15.4. The maximum absolute atomic E-state index is 6.20. The third-order valence-corrected chi connectivity index (χ3v) is 4.76. The summed E-state index contributed by atoms with van der Waals surface area (Å²) in [5, 5.41) is 0. The quantitative estimate of drug-likeness (QED) is 0.406. The summed E-state index contributed by atoms with van der Waals surface area (Å²) in [7, 11) is 3.11. The molecule has 0 aliphatic carbocycles. The van der Waals surface area contributed by atoms with Crippen molar-refractivity contribution in [1.29, 1.82) is 0 Å². The molecule has 0 bridgehead atoms. The van der Waals surface area contributed by atoms with E-state index in [0.717, 1.165) is 35.6 Å². The Morgan fingerprint density at radius 3 is 1.78 bits per heavy atom. The lowest BCUT2D eigenvalue weighted by atomic mass is 9.34. The molecule has 0 atom stereocenters. The number of benzene rings is 3. The van der Waals surface area contributed by atoms with Gasteiger partial charge in [-0.2, -0.15) is 0 Å². The molecule has 0 saturated heterocycles. The average Bonchev–Trinajstić information content (AvgIpc) is 2.61. The van der Waals surface area contributed by atoms with Gasteiger partial charge in [0.25, 0.3) is 6.71 Å². The highest BCUT2D eigenvalue weighted by molar-refractivity contribution is 6.99. The lowest BCUT2D eigenvalue weighted by molar-refractivity contribution is 0.465. The summed E-state index contributed by atoms with van der Waals surface area (Å²) in [5.74, 6) is 3.75. The number of hydrogen-bond donors (Lipinski definition) is 0. The van der Waals surface area contributed by atoms with E-state index in [0.29, 0.717) is 0 Å². The fraction of sp³-hybridized carbons (Fsp3) is 0. The van der Waals surface area contributed by atoms with E-state index >= 15 is 0 Å². The van der Waals surface area contributed by atoms with E-state index < -0.39 is 0 Å². The van der Waals surface area contributed by atoms with Crippen LogP contribution in [-0.4, -0.2) is 21.6 Å². The Kier molecular flexibility index (Phi) is 2.66. The molecule has 2 aliphatic heterocycles. The second-order valence-electron chi connectivity index (χ2n) is 6.07. The molecule has 2 nitrogen and oxygen atoms in total. The Morgan fingerprint density at radius 2 is 1.26 bits per heavy atom. The molecule has 0 N–H and O–H groups in total. The zero-order valence-corrected chi connectivity index (χ0v) is 12.9. The molecule has 0 unspecified atom stereocenters. The molecule has 3 aromatic carbocycles. The summed E-state index contributed by atoms with van der Waals surface area (Å²) in [5.41, 5.74) is 4.80. The number of ether oxygens (including phenoxy) is 2. The average molecular weight is 294 g/mol. The summed E-state index contributed by atoms with van der Waals surface area (Å²) in [6.07, 6.45) is 0. The SMILES string of the molecule is BBc1cc2c3c(c1)Oc1ccccc1B3c1ccccc1O2. The number of fused-ring (bicyclic) bond motifs is 4. The molecule has 23 heavy (non-hydrogen) atoms. The minimum atomic E-state index is 0.181. The van der Waals surface area contributed by atoms with Crippen LogP contribution in [0.1, 0.15) is 0 Å². The van der Waals surface area contributed by atoms with Gasteiger partial charge in [-0.1, -0.05) is 41.9 Å². The van der Waals surface area contributed by atoms with Crippen molar-refractivity contribution in [2.24, 2.45) is 0 Å². The van der Waals surface area contributed by atoms with E-state index in [1.807, 2.05) is 12.1 Å². The molecule has 5 heteroatoms. The summed E-state index contributed by atoms with van der Waals surface area (Å²) in [4.78, 5) is 0. The lowest BCUT2D eigenvalue weighted by Crippen LogP contribution is -2.57. The first kappa shape index (κ1) is 12.9. The van der Waals surface area contributed by atoms with Crippen LogP contribution in [0.5, 0.6) is 23.0 Å². The predicted molar refractivity (Wildman–Crippen MR) is 99.5 cm³/mol. The maximum atomic E-state index is 6.20. The predicted octanol–water partition coefficient (Wildman–Crippen LogP) is 0.0241. The van der Waals surface area contributed by atoms with Crippen molar-refractivity contribution >= 4 is 43.5 Å². The van der Waals surface area contributed by atoms with Crippen LogP contribution in [0, 0.1) is 0 Å². The highest BCUT2D eigenvalue weighted by Gasteiger charge is 2.39. The third-order valence-electron chi connectivity index (χ3n) is 4.76. The zero-order valence-electron chi connectivity index (χ0n) is 12.9. The van der Waals surface area contributed by atoms with Crippen LogP contribution in [0.25, 0.3) is 0 Å². The van der Waals surface area contributed by atoms with Crippen molar-refractivity contribution in [3.63, 3.8) is 0 Å². The van der Waals surface area contributed by atoms with Gasteiger partial charge in [-0.05, 0) is 35.2 Å². The van der Waals surface area contributed by atoms with Crippen LogP contribution >= 0.6 is 0 Å². The first-order chi connectivity index (χ1) is 11.3. The maximum Gasteiger partial charge on any atom is 0.260 e. The number of hydrogen-bond acceptors (Lipinski definition) is 2. The van der Waals surface area contributed by atoms with Crippen LogP contribution in [0.3, 0.4) is 0 Å². The Labute approximate surface area is 137 Å². The number of para-hydroxylation sites is 2. The Bertz CT molecular complexity index is 869. The smallest absolute Gasteiger partial charge is 0.260 e. The largest absolute Gasteiger partial charge is 0.458 e.